The average Bonchev–Trinajstić information content (AvgIpc) is 3.22. The highest BCUT2D eigenvalue weighted by Crippen LogP contribution is 2.29. The number of benzene rings is 1. The van der Waals surface area contributed by atoms with E-state index in [1.54, 1.807) is 17.0 Å². The van der Waals surface area contributed by atoms with E-state index in [-0.39, 0.29) is 23.2 Å². The number of amides is 1. The number of nitro benzene ring substituents is 1. The van der Waals surface area contributed by atoms with Crippen molar-refractivity contribution in [2.45, 2.75) is 45.1 Å². The van der Waals surface area contributed by atoms with Crippen LogP contribution in [0.2, 0.25) is 0 Å². The summed E-state index contributed by atoms with van der Waals surface area (Å²) in [6.45, 7) is 2.90. The Hall–Kier alpha value is -1.91. The lowest BCUT2D eigenvalue weighted by atomic mass is 10.1. The summed E-state index contributed by atoms with van der Waals surface area (Å²) < 4.78 is 0. The van der Waals surface area contributed by atoms with Crippen LogP contribution in [0, 0.1) is 10.1 Å². The van der Waals surface area contributed by atoms with Crippen LogP contribution in [0.4, 0.5) is 5.69 Å². The Morgan fingerprint density at radius 1 is 1.35 bits per heavy atom. The smallest absolute Gasteiger partial charge is 0.282 e. The van der Waals surface area contributed by atoms with Gasteiger partial charge in [-0.05, 0) is 12.5 Å². The molecule has 1 fully saturated rings. The monoisotopic (exact) mass is 276 g/mol. The molecule has 5 nitrogen and oxygen atoms in total. The van der Waals surface area contributed by atoms with Gasteiger partial charge in [0.1, 0.15) is 5.56 Å². The molecule has 0 spiro atoms. The van der Waals surface area contributed by atoms with E-state index in [9.17, 15) is 14.9 Å². The topological polar surface area (TPSA) is 63.2 Å². The lowest BCUT2D eigenvalue weighted by Crippen LogP contribution is -2.15. The minimum Gasteiger partial charge on any atom is -0.332 e. The highest BCUT2D eigenvalue weighted by atomic mass is 16.6. The number of nitro groups is 1. The summed E-state index contributed by atoms with van der Waals surface area (Å²) in [4.78, 5) is 24.4. The van der Waals surface area contributed by atoms with E-state index in [4.69, 9.17) is 0 Å². The molecule has 5 heteroatoms. The molecule has 1 saturated heterocycles. The molecule has 1 atom stereocenters. The predicted octanol–water partition coefficient (Wildman–Crippen LogP) is 3.39. The van der Waals surface area contributed by atoms with Gasteiger partial charge < -0.3 is 4.90 Å². The van der Waals surface area contributed by atoms with Crippen LogP contribution < -0.4 is 0 Å². The normalized spacial score (nSPS) is 17.1. The first-order valence-corrected chi connectivity index (χ1v) is 7.19. The van der Waals surface area contributed by atoms with Crippen LogP contribution in [0.5, 0.6) is 0 Å². The zero-order chi connectivity index (χ0) is 14.5. The van der Waals surface area contributed by atoms with Gasteiger partial charge in [-0.15, -0.1) is 0 Å². The molecule has 108 valence electrons. The van der Waals surface area contributed by atoms with Crippen LogP contribution in [-0.4, -0.2) is 28.3 Å². The van der Waals surface area contributed by atoms with Crippen molar-refractivity contribution in [2.24, 2.45) is 0 Å². The quantitative estimate of drug-likeness (QED) is 0.332. The summed E-state index contributed by atoms with van der Waals surface area (Å²) in [5.41, 5.74) is 0.0997. The summed E-state index contributed by atoms with van der Waals surface area (Å²) in [5, 5.41) is 10.9. The van der Waals surface area contributed by atoms with Crippen molar-refractivity contribution >= 4 is 11.6 Å². The molecule has 1 amide bonds. The van der Waals surface area contributed by atoms with E-state index in [0.717, 1.165) is 19.4 Å². The van der Waals surface area contributed by atoms with Gasteiger partial charge in [0, 0.05) is 18.7 Å². The van der Waals surface area contributed by atoms with Crippen LogP contribution in [0.1, 0.15) is 49.4 Å². The highest BCUT2D eigenvalue weighted by molar-refractivity contribution is 5.99. The maximum absolute atomic E-state index is 12.3. The molecule has 1 aliphatic heterocycles. The maximum Gasteiger partial charge on any atom is 0.282 e. The third-order valence-electron chi connectivity index (χ3n) is 3.70. The van der Waals surface area contributed by atoms with Crippen molar-refractivity contribution in [2.75, 3.05) is 6.54 Å². The van der Waals surface area contributed by atoms with Gasteiger partial charge in [0.2, 0.25) is 0 Å². The van der Waals surface area contributed by atoms with Crippen molar-refractivity contribution in [1.29, 1.82) is 0 Å². The summed E-state index contributed by atoms with van der Waals surface area (Å²) in [6.07, 6.45) is 5.75. The molecule has 0 N–H and O–H groups in total. The Labute approximate surface area is 118 Å². The van der Waals surface area contributed by atoms with Crippen LogP contribution in [0.25, 0.3) is 0 Å². The molecular weight excluding hydrogens is 256 g/mol. The molecule has 0 aromatic heterocycles. The Morgan fingerprint density at radius 2 is 2.10 bits per heavy atom. The molecule has 1 aliphatic rings. The highest BCUT2D eigenvalue weighted by Gasteiger charge is 2.39. The van der Waals surface area contributed by atoms with Crippen LogP contribution in [0.15, 0.2) is 24.3 Å². The minimum absolute atomic E-state index is 0.103. The molecule has 2 rings (SSSR count). The van der Waals surface area contributed by atoms with Crippen molar-refractivity contribution in [3.8, 4) is 0 Å². The molecule has 0 aliphatic carbocycles. The fraction of sp³-hybridized carbons (Fsp3) is 0.533. The third-order valence-corrected chi connectivity index (χ3v) is 3.70. The van der Waals surface area contributed by atoms with E-state index in [0.29, 0.717) is 0 Å². The van der Waals surface area contributed by atoms with E-state index in [1.807, 2.05) is 0 Å². The van der Waals surface area contributed by atoms with E-state index in [1.165, 1.54) is 31.4 Å². The van der Waals surface area contributed by atoms with Gasteiger partial charge in [0.15, 0.2) is 0 Å². The van der Waals surface area contributed by atoms with Crippen LogP contribution in [-0.2, 0) is 0 Å². The van der Waals surface area contributed by atoms with Crippen molar-refractivity contribution in [3.63, 3.8) is 0 Å². The second kappa shape index (κ2) is 6.50. The Balaban J connectivity index is 1.92. The number of hydrogen-bond acceptors (Lipinski definition) is 3. The number of para-hydroxylation sites is 1. The van der Waals surface area contributed by atoms with E-state index >= 15 is 0 Å². The van der Waals surface area contributed by atoms with Gasteiger partial charge in [0.05, 0.1) is 4.92 Å². The van der Waals surface area contributed by atoms with Gasteiger partial charge in [-0.1, -0.05) is 44.7 Å². The molecule has 0 radical (unpaired) electrons. The van der Waals surface area contributed by atoms with Crippen LogP contribution in [0.3, 0.4) is 0 Å². The maximum atomic E-state index is 12.3. The zero-order valence-electron chi connectivity index (χ0n) is 11.7. The van der Waals surface area contributed by atoms with Gasteiger partial charge in [-0.3, -0.25) is 14.9 Å². The summed E-state index contributed by atoms with van der Waals surface area (Å²) in [5.74, 6) is -0.210. The molecular formula is C15H20N2O3. The SMILES string of the molecule is CCCCCC[C@@H]1CN1C(=O)c1ccccc1[N+](=O)[O-]. The Bertz CT molecular complexity index is 502. The van der Waals surface area contributed by atoms with Gasteiger partial charge in [0.25, 0.3) is 11.6 Å². The third kappa shape index (κ3) is 3.35. The first-order valence-electron chi connectivity index (χ1n) is 7.19. The van der Waals surface area contributed by atoms with Crippen molar-refractivity contribution < 1.29 is 9.72 Å². The number of carbonyl (C=O) groups is 1. The molecule has 0 bridgehead atoms. The fourth-order valence-corrected chi connectivity index (χ4v) is 2.45. The fourth-order valence-electron chi connectivity index (χ4n) is 2.45. The molecule has 20 heavy (non-hydrogen) atoms. The van der Waals surface area contributed by atoms with Gasteiger partial charge >= 0.3 is 0 Å². The van der Waals surface area contributed by atoms with E-state index < -0.39 is 4.92 Å². The minimum atomic E-state index is -0.493. The Kier molecular flexibility index (Phi) is 4.71. The molecule has 0 unspecified atom stereocenters. The molecule has 1 aromatic rings. The average molecular weight is 276 g/mol. The number of carbonyl (C=O) groups excluding carboxylic acids is 1. The number of hydrogen-bond donors (Lipinski definition) is 0. The first kappa shape index (κ1) is 14.5. The number of nitrogens with zero attached hydrogens (tertiary/aromatic N) is 2. The second-order valence-electron chi connectivity index (χ2n) is 5.23. The van der Waals surface area contributed by atoms with Crippen LogP contribution >= 0.6 is 0 Å². The lowest BCUT2D eigenvalue weighted by molar-refractivity contribution is -0.385. The van der Waals surface area contributed by atoms with Gasteiger partial charge in [-0.25, -0.2) is 0 Å². The predicted molar refractivity (Wildman–Crippen MR) is 76.7 cm³/mol. The largest absolute Gasteiger partial charge is 0.332 e. The van der Waals surface area contributed by atoms with Crippen molar-refractivity contribution in [3.05, 3.63) is 39.9 Å². The molecule has 0 saturated carbocycles. The standard InChI is InChI=1S/C15H20N2O3/c1-2-3-4-5-8-12-11-16(12)15(18)13-9-6-7-10-14(13)17(19)20/h6-7,9-10,12H,2-5,8,11H2,1H3/t12-,16?/m1/s1. The molecule has 1 heterocycles. The van der Waals surface area contributed by atoms with E-state index in [2.05, 4.69) is 6.92 Å². The first-order chi connectivity index (χ1) is 9.65. The van der Waals surface area contributed by atoms with Crippen molar-refractivity contribution in [1.82, 2.24) is 4.90 Å². The second-order valence-corrected chi connectivity index (χ2v) is 5.23. The number of rotatable bonds is 7. The Morgan fingerprint density at radius 3 is 2.80 bits per heavy atom. The summed E-state index contributed by atoms with van der Waals surface area (Å²) in [7, 11) is 0. The summed E-state index contributed by atoms with van der Waals surface area (Å²) in [6, 6.07) is 6.44. The lowest BCUT2D eigenvalue weighted by Gasteiger charge is -2.05. The number of unbranched alkanes of at least 4 members (excludes halogenated alkanes) is 3. The van der Waals surface area contributed by atoms with Gasteiger partial charge in [-0.2, -0.15) is 0 Å². The summed E-state index contributed by atoms with van der Waals surface area (Å²) >= 11 is 0. The molecule has 1 aromatic carbocycles. The zero-order valence-corrected chi connectivity index (χ0v) is 11.7.